The summed E-state index contributed by atoms with van der Waals surface area (Å²) in [7, 11) is 1.88. The number of hydrogen-bond donors (Lipinski definition) is 1. The van der Waals surface area contributed by atoms with Crippen molar-refractivity contribution in [3.8, 4) is 0 Å². The van der Waals surface area contributed by atoms with Gasteiger partial charge in [0.1, 0.15) is 0 Å². The van der Waals surface area contributed by atoms with Crippen LogP contribution in [-0.2, 0) is 11.2 Å². The highest BCUT2D eigenvalue weighted by molar-refractivity contribution is 5.81. The first kappa shape index (κ1) is 13.1. The zero-order chi connectivity index (χ0) is 13.1. The number of aryl methyl sites for hydroxylation is 1. The summed E-state index contributed by atoms with van der Waals surface area (Å²) in [6.45, 7) is 1.95. The second kappa shape index (κ2) is 5.53. The molecule has 0 radical (unpaired) electrons. The van der Waals surface area contributed by atoms with Crippen molar-refractivity contribution in [3.05, 3.63) is 35.4 Å². The molecule has 0 heterocycles. The van der Waals surface area contributed by atoms with Gasteiger partial charge in [-0.1, -0.05) is 31.2 Å². The highest BCUT2D eigenvalue weighted by atomic mass is 16.2. The van der Waals surface area contributed by atoms with Crippen LogP contribution in [0.1, 0.15) is 43.4 Å². The SMILES string of the molecule is CCC(N)C(=O)N(C)C1CCCc2ccccc21. The van der Waals surface area contributed by atoms with Gasteiger partial charge in [0.05, 0.1) is 12.1 Å². The average Bonchev–Trinajstić information content (AvgIpc) is 2.44. The van der Waals surface area contributed by atoms with Gasteiger partial charge in [-0.15, -0.1) is 0 Å². The smallest absolute Gasteiger partial charge is 0.239 e. The number of carbonyl (C=O) groups is 1. The third-order valence-corrected chi connectivity index (χ3v) is 3.91. The van der Waals surface area contributed by atoms with Gasteiger partial charge in [-0.25, -0.2) is 0 Å². The molecule has 2 N–H and O–H groups in total. The van der Waals surface area contributed by atoms with Crippen LogP contribution < -0.4 is 5.73 Å². The van der Waals surface area contributed by atoms with Gasteiger partial charge in [-0.05, 0) is 36.8 Å². The summed E-state index contributed by atoms with van der Waals surface area (Å²) >= 11 is 0. The van der Waals surface area contributed by atoms with Crippen molar-refractivity contribution in [1.29, 1.82) is 0 Å². The molecule has 18 heavy (non-hydrogen) atoms. The second-order valence-electron chi connectivity index (χ2n) is 5.07. The molecular formula is C15H22N2O. The van der Waals surface area contributed by atoms with Crippen LogP contribution in [0.2, 0.25) is 0 Å². The maximum absolute atomic E-state index is 12.2. The number of carbonyl (C=O) groups excluding carboxylic acids is 1. The summed E-state index contributed by atoms with van der Waals surface area (Å²) < 4.78 is 0. The van der Waals surface area contributed by atoms with E-state index in [1.165, 1.54) is 11.1 Å². The fourth-order valence-corrected chi connectivity index (χ4v) is 2.72. The lowest BCUT2D eigenvalue weighted by Gasteiger charge is -2.34. The molecule has 2 atom stereocenters. The Bertz CT molecular complexity index is 430. The zero-order valence-electron chi connectivity index (χ0n) is 11.2. The highest BCUT2D eigenvalue weighted by Crippen LogP contribution is 2.33. The van der Waals surface area contributed by atoms with Crippen molar-refractivity contribution in [2.75, 3.05) is 7.05 Å². The van der Waals surface area contributed by atoms with Crippen LogP contribution in [0.4, 0.5) is 0 Å². The van der Waals surface area contributed by atoms with E-state index in [-0.39, 0.29) is 18.0 Å². The lowest BCUT2D eigenvalue weighted by Crippen LogP contribution is -2.43. The first-order chi connectivity index (χ1) is 8.65. The van der Waals surface area contributed by atoms with E-state index in [1.807, 2.05) is 18.9 Å². The van der Waals surface area contributed by atoms with Crippen LogP contribution in [0.15, 0.2) is 24.3 Å². The number of rotatable bonds is 3. The molecule has 1 aliphatic carbocycles. The van der Waals surface area contributed by atoms with Crippen molar-refractivity contribution in [2.24, 2.45) is 5.73 Å². The van der Waals surface area contributed by atoms with Crippen LogP contribution >= 0.6 is 0 Å². The minimum atomic E-state index is -0.371. The summed E-state index contributed by atoms with van der Waals surface area (Å²) in [5, 5.41) is 0. The van der Waals surface area contributed by atoms with Gasteiger partial charge in [0, 0.05) is 7.05 Å². The molecule has 1 aliphatic rings. The molecular weight excluding hydrogens is 224 g/mol. The lowest BCUT2D eigenvalue weighted by atomic mass is 9.87. The number of benzene rings is 1. The van der Waals surface area contributed by atoms with Crippen molar-refractivity contribution >= 4 is 5.91 Å². The predicted molar refractivity (Wildman–Crippen MR) is 73.2 cm³/mol. The zero-order valence-corrected chi connectivity index (χ0v) is 11.2. The fraction of sp³-hybridized carbons (Fsp3) is 0.533. The van der Waals surface area contributed by atoms with E-state index in [0.29, 0.717) is 6.42 Å². The van der Waals surface area contributed by atoms with Crippen molar-refractivity contribution in [3.63, 3.8) is 0 Å². The Labute approximate surface area is 109 Å². The molecule has 0 aliphatic heterocycles. The van der Waals surface area contributed by atoms with E-state index < -0.39 is 0 Å². The van der Waals surface area contributed by atoms with E-state index in [2.05, 4.69) is 24.3 Å². The minimum Gasteiger partial charge on any atom is -0.337 e. The highest BCUT2D eigenvalue weighted by Gasteiger charge is 2.28. The lowest BCUT2D eigenvalue weighted by molar-refractivity contribution is -0.133. The first-order valence-corrected chi connectivity index (χ1v) is 6.75. The average molecular weight is 246 g/mol. The third kappa shape index (κ3) is 2.41. The normalized spacial score (nSPS) is 20.1. The Morgan fingerprint density at radius 1 is 1.50 bits per heavy atom. The quantitative estimate of drug-likeness (QED) is 0.889. The Morgan fingerprint density at radius 2 is 2.22 bits per heavy atom. The van der Waals surface area contributed by atoms with Crippen molar-refractivity contribution < 1.29 is 4.79 Å². The molecule has 3 heteroatoms. The van der Waals surface area contributed by atoms with E-state index in [0.717, 1.165) is 19.3 Å². The first-order valence-electron chi connectivity index (χ1n) is 6.75. The van der Waals surface area contributed by atoms with Crippen LogP contribution in [0, 0.1) is 0 Å². The molecule has 0 spiro atoms. The summed E-state index contributed by atoms with van der Waals surface area (Å²) in [4.78, 5) is 14.0. The minimum absolute atomic E-state index is 0.0548. The van der Waals surface area contributed by atoms with Gasteiger partial charge in [-0.3, -0.25) is 4.79 Å². The fourth-order valence-electron chi connectivity index (χ4n) is 2.72. The van der Waals surface area contributed by atoms with Gasteiger partial charge in [-0.2, -0.15) is 0 Å². The number of nitrogens with two attached hydrogens (primary N) is 1. The molecule has 0 bridgehead atoms. The van der Waals surface area contributed by atoms with E-state index in [1.54, 1.807) is 0 Å². The number of hydrogen-bond acceptors (Lipinski definition) is 2. The summed E-state index contributed by atoms with van der Waals surface area (Å²) in [5.74, 6) is 0.0548. The Morgan fingerprint density at radius 3 is 2.94 bits per heavy atom. The molecule has 3 nitrogen and oxygen atoms in total. The van der Waals surface area contributed by atoms with E-state index in [9.17, 15) is 4.79 Å². The molecule has 0 aromatic heterocycles. The molecule has 1 aromatic rings. The summed E-state index contributed by atoms with van der Waals surface area (Å²) in [6, 6.07) is 8.25. The molecule has 98 valence electrons. The van der Waals surface area contributed by atoms with Gasteiger partial charge >= 0.3 is 0 Å². The molecule has 0 fully saturated rings. The van der Waals surface area contributed by atoms with Gasteiger partial charge in [0.15, 0.2) is 0 Å². The molecule has 1 amide bonds. The van der Waals surface area contributed by atoms with Crippen LogP contribution in [0.5, 0.6) is 0 Å². The third-order valence-electron chi connectivity index (χ3n) is 3.91. The molecule has 2 rings (SSSR count). The number of nitrogens with zero attached hydrogens (tertiary/aromatic N) is 1. The summed E-state index contributed by atoms with van der Waals surface area (Å²) in [6.07, 6.45) is 3.99. The van der Waals surface area contributed by atoms with Crippen molar-refractivity contribution in [2.45, 2.75) is 44.7 Å². The van der Waals surface area contributed by atoms with E-state index >= 15 is 0 Å². The number of likely N-dealkylation sites (N-methyl/N-ethyl adjacent to an activating group) is 1. The standard InChI is InChI=1S/C15H22N2O/c1-3-13(16)15(18)17(2)14-10-6-8-11-7-4-5-9-12(11)14/h4-5,7,9,13-14H,3,6,8,10,16H2,1-2H3. The van der Waals surface area contributed by atoms with Gasteiger partial charge < -0.3 is 10.6 Å². The number of fused-ring (bicyclic) bond motifs is 1. The molecule has 1 aromatic carbocycles. The molecule has 2 unspecified atom stereocenters. The van der Waals surface area contributed by atoms with Crippen LogP contribution in [0.25, 0.3) is 0 Å². The molecule has 0 saturated carbocycles. The topological polar surface area (TPSA) is 46.3 Å². The van der Waals surface area contributed by atoms with Crippen molar-refractivity contribution in [1.82, 2.24) is 4.90 Å². The largest absolute Gasteiger partial charge is 0.337 e. The number of amides is 1. The van der Waals surface area contributed by atoms with Gasteiger partial charge in [0.2, 0.25) is 5.91 Å². The van der Waals surface area contributed by atoms with Gasteiger partial charge in [0.25, 0.3) is 0 Å². The van der Waals surface area contributed by atoms with Crippen LogP contribution in [0.3, 0.4) is 0 Å². The Balaban J connectivity index is 2.22. The van der Waals surface area contributed by atoms with Crippen LogP contribution in [-0.4, -0.2) is 23.9 Å². The maximum atomic E-state index is 12.2. The summed E-state index contributed by atoms with van der Waals surface area (Å²) in [5.41, 5.74) is 8.52. The predicted octanol–water partition coefficient (Wildman–Crippen LogP) is 2.26. The Kier molecular flexibility index (Phi) is 4.02. The monoisotopic (exact) mass is 246 g/mol. The Hall–Kier alpha value is -1.35. The maximum Gasteiger partial charge on any atom is 0.239 e. The second-order valence-corrected chi connectivity index (χ2v) is 5.07. The van der Waals surface area contributed by atoms with E-state index in [4.69, 9.17) is 5.73 Å². The molecule has 0 saturated heterocycles.